The topological polar surface area (TPSA) is 70.1 Å². The van der Waals surface area contributed by atoms with Crippen molar-refractivity contribution in [1.29, 1.82) is 0 Å². The van der Waals surface area contributed by atoms with Gasteiger partial charge in [0.1, 0.15) is 6.54 Å². The second-order valence-electron chi connectivity index (χ2n) is 6.02. The minimum atomic E-state index is -0.958. The van der Waals surface area contributed by atoms with Gasteiger partial charge in [-0.05, 0) is 32.6 Å². The van der Waals surface area contributed by atoms with Gasteiger partial charge in [0.25, 0.3) is 0 Å². The lowest BCUT2D eigenvalue weighted by Crippen LogP contribution is -2.59. The summed E-state index contributed by atoms with van der Waals surface area (Å²) in [4.78, 5) is 26.7. The molecule has 1 heterocycles. The number of hydrogen-bond acceptors (Lipinski definition) is 3. The Morgan fingerprint density at radius 1 is 1.42 bits per heavy atom. The number of amides is 2. The van der Waals surface area contributed by atoms with Gasteiger partial charge in [-0.2, -0.15) is 0 Å². The molecule has 0 radical (unpaired) electrons. The van der Waals surface area contributed by atoms with Crippen LogP contribution in [-0.4, -0.2) is 65.3 Å². The van der Waals surface area contributed by atoms with Gasteiger partial charge >= 0.3 is 12.0 Å². The summed E-state index contributed by atoms with van der Waals surface area (Å²) in [5.74, 6) is -0.479. The molecule has 2 aliphatic rings. The number of ether oxygens (including phenoxy) is 1. The van der Waals surface area contributed by atoms with E-state index in [1.807, 2.05) is 13.8 Å². The summed E-state index contributed by atoms with van der Waals surface area (Å²) in [5, 5.41) is 8.96. The molecule has 2 fully saturated rings. The summed E-state index contributed by atoms with van der Waals surface area (Å²) in [7, 11) is 0. The van der Waals surface area contributed by atoms with Gasteiger partial charge in [-0.3, -0.25) is 4.79 Å². The van der Waals surface area contributed by atoms with Crippen molar-refractivity contribution in [1.82, 2.24) is 9.80 Å². The van der Waals surface area contributed by atoms with Crippen molar-refractivity contribution in [2.45, 2.75) is 32.2 Å². The van der Waals surface area contributed by atoms with Crippen LogP contribution in [0.3, 0.4) is 0 Å². The standard InChI is InChI=1S/C13H22N2O4/c1-13(2)9-19-6-5-15(13)12(18)14(8-11(16)17)7-10-3-4-10/h10H,3-9H2,1-2H3,(H,16,17). The number of urea groups is 1. The molecule has 1 N–H and O–H groups in total. The van der Waals surface area contributed by atoms with E-state index in [1.54, 1.807) is 4.90 Å². The van der Waals surface area contributed by atoms with Crippen LogP contribution >= 0.6 is 0 Å². The summed E-state index contributed by atoms with van der Waals surface area (Å²) in [6, 6.07) is -0.178. The second kappa shape index (κ2) is 5.36. The molecular weight excluding hydrogens is 248 g/mol. The number of morpholine rings is 1. The number of carbonyl (C=O) groups excluding carboxylic acids is 1. The van der Waals surface area contributed by atoms with Crippen molar-refractivity contribution >= 4 is 12.0 Å². The largest absolute Gasteiger partial charge is 0.480 e. The first-order chi connectivity index (χ1) is 8.90. The molecule has 1 saturated heterocycles. The van der Waals surface area contributed by atoms with Gasteiger partial charge in [0.2, 0.25) is 0 Å². The van der Waals surface area contributed by atoms with Gasteiger partial charge in [0.05, 0.1) is 18.8 Å². The molecule has 1 saturated carbocycles. The Bertz CT molecular complexity index is 366. The summed E-state index contributed by atoms with van der Waals surface area (Å²) >= 11 is 0. The van der Waals surface area contributed by atoms with Crippen LogP contribution in [0.1, 0.15) is 26.7 Å². The van der Waals surface area contributed by atoms with Gasteiger partial charge in [-0.1, -0.05) is 0 Å². The first-order valence-electron chi connectivity index (χ1n) is 6.76. The summed E-state index contributed by atoms with van der Waals surface area (Å²) in [6.07, 6.45) is 2.19. The molecule has 0 aromatic carbocycles. The second-order valence-corrected chi connectivity index (χ2v) is 6.02. The Kier molecular flexibility index (Phi) is 3.99. The lowest BCUT2D eigenvalue weighted by Gasteiger charge is -2.44. The Morgan fingerprint density at radius 2 is 2.11 bits per heavy atom. The molecule has 0 aromatic rings. The molecule has 2 amide bonds. The van der Waals surface area contributed by atoms with Gasteiger partial charge < -0.3 is 19.6 Å². The molecule has 1 aliphatic carbocycles. The molecule has 6 nitrogen and oxygen atoms in total. The fourth-order valence-electron chi connectivity index (χ4n) is 2.37. The Hall–Kier alpha value is -1.30. The highest BCUT2D eigenvalue weighted by Gasteiger charge is 2.38. The van der Waals surface area contributed by atoms with Crippen molar-refractivity contribution in [2.75, 3.05) is 32.8 Å². The summed E-state index contributed by atoms with van der Waals surface area (Å²) in [5.41, 5.74) is -0.379. The Labute approximate surface area is 113 Å². The van der Waals surface area contributed by atoms with Crippen LogP contribution in [0.15, 0.2) is 0 Å². The SMILES string of the molecule is CC1(C)COCCN1C(=O)N(CC(=O)O)CC1CC1. The van der Waals surface area contributed by atoms with Gasteiger partial charge in [0.15, 0.2) is 0 Å². The molecule has 0 bridgehead atoms. The third-order valence-electron chi connectivity index (χ3n) is 3.65. The van der Waals surface area contributed by atoms with Crippen LogP contribution in [0.25, 0.3) is 0 Å². The molecule has 0 unspecified atom stereocenters. The van der Waals surface area contributed by atoms with Crippen molar-refractivity contribution in [2.24, 2.45) is 5.92 Å². The van der Waals surface area contributed by atoms with Crippen molar-refractivity contribution in [3.63, 3.8) is 0 Å². The number of carboxylic acids is 1. The number of hydrogen-bond donors (Lipinski definition) is 1. The molecule has 19 heavy (non-hydrogen) atoms. The van der Waals surface area contributed by atoms with E-state index in [2.05, 4.69) is 0 Å². The van der Waals surface area contributed by atoms with Crippen LogP contribution in [-0.2, 0) is 9.53 Å². The lowest BCUT2D eigenvalue weighted by molar-refractivity contribution is -0.138. The number of rotatable bonds is 4. The van der Waals surface area contributed by atoms with Crippen molar-refractivity contribution in [3.05, 3.63) is 0 Å². The zero-order valence-electron chi connectivity index (χ0n) is 11.6. The van der Waals surface area contributed by atoms with Gasteiger partial charge in [-0.15, -0.1) is 0 Å². The quantitative estimate of drug-likeness (QED) is 0.828. The zero-order chi connectivity index (χ0) is 14.0. The van der Waals surface area contributed by atoms with Crippen LogP contribution in [0, 0.1) is 5.92 Å². The number of carbonyl (C=O) groups is 2. The van der Waals surface area contributed by atoms with E-state index in [9.17, 15) is 9.59 Å². The van der Waals surface area contributed by atoms with E-state index in [4.69, 9.17) is 9.84 Å². The highest BCUT2D eigenvalue weighted by molar-refractivity contribution is 5.80. The molecule has 1 aliphatic heterocycles. The minimum Gasteiger partial charge on any atom is -0.480 e. The first kappa shape index (κ1) is 14.1. The smallest absolute Gasteiger partial charge is 0.323 e. The zero-order valence-corrected chi connectivity index (χ0v) is 11.6. The lowest BCUT2D eigenvalue weighted by atomic mass is 10.0. The van der Waals surface area contributed by atoms with E-state index >= 15 is 0 Å². The first-order valence-corrected chi connectivity index (χ1v) is 6.76. The maximum atomic E-state index is 12.5. The number of nitrogens with zero attached hydrogens (tertiary/aromatic N) is 2. The molecule has 0 aromatic heterocycles. The van der Waals surface area contributed by atoms with Gasteiger partial charge in [0, 0.05) is 13.1 Å². The Balaban J connectivity index is 2.05. The molecule has 108 valence electrons. The average molecular weight is 270 g/mol. The fraction of sp³-hybridized carbons (Fsp3) is 0.846. The highest BCUT2D eigenvalue weighted by atomic mass is 16.5. The predicted molar refractivity (Wildman–Crippen MR) is 68.9 cm³/mol. The molecule has 6 heteroatoms. The van der Waals surface area contributed by atoms with E-state index in [-0.39, 0.29) is 18.1 Å². The summed E-state index contributed by atoms with van der Waals surface area (Å²) < 4.78 is 5.39. The van der Waals surface area contributed by atoms with Crippen LogP contribution in [0.4, 0.5) is 4.79 Å². The average Bonchev–Trinajstić information content (AvgIpc) is 3.10. The normalized spacial score (nSPS) is 22.1. The number of aliphatic carboxylic acids is 1. The maximum absolute atomic E-state index is 12.5. The molecule has 0 atom stereocenters. The van der Waals surface area contributed by atoms with E-state index in [0.717, 1.165) is 12.8 Å². The maximum Gasteiger partial charge on any atom is 0.323 e. The highest BCUT2D eigenvalue weighted by Crippen LogP contribution is 2.30. The minimum absolute atomic E-state index is 0.178. The molecule has 0 spiro atoms. The van der Waals surface area contributed by atoms with Crippen LogP contribution in [0.2, 0.25) is 0 Å². The van der Waals surface area contributed by atoms with E-state index < -0.39 is 5.97 Å². The number of carboxylic acid groups (broad SMARTS) is 1. The molecule has 2 rings (SSSR count). The van der Waals surface area contributed by atoms with Crippen LogP contribution in [0.5, 0.6) is 0 Å². The predicted octanol–water partition coefficient (Wildman–Crippen LogP) is 1.01. The summed E-state index contributed by atoms with van der Waals surface area (Å²) in [6.45, 7) is 5.75. The van der Waals surface area contributed by atoms with Crippen molar-refractivity contribution < 1.29 is 19.4 Å². The van der Waals surface area contributed by atoms with E-state index in [1.165, 1.54) is 4.90 Å². The monoisotopic (exact) mass is 270 g/mol. The third-order valence-corrected chi connectivity index (χ3v) is 3.65. The molecular formula is C13H22N2O4. The van der Waals surface area contributed by atoms with Crippen LogP contribution < -0.4 is 0 Å². The van der Waals surface area contributed by atoms with Gasteiger partial charge in [-0.25, -0.2) is 4.79 Å². The third kappa shape index (κ3) is 3.59. The van der Waals surface area contributed by atoms with E-state index in [0.29, 0.717) is 32.2 Å². The fourth-order valence-corrected chi connectivity index (χ4v) is 2.37. The van der Waals surface area contributed by atoms with Crippen molar-refractivity contribution in [3.8, 4) is 0 Å². The Morgan fingerprint density at radius 3 is 2.63 bits per heavy atom.